The Morgan fingerprint density at radius 2 is 1.90 bits per heavy atom. The zero-order valence-electron chi connectivity index (χ0n) is 17.9. The number of aryl methyl sites for hydroxylation is 1. The highest BCUT2D eigenvalue weighted by Gasteiger charge is 2.54. The SMILES string of the molecule is COc1ccc2c(c1)CCC1C2CCC2(C)C1C=C[C@H]2OC(=O)c1ccc(N=O)cc1. The number of allylic oxidation sites excluding steroid dienone is 1. The summed E-state index contributed by atoms with van der Waals surface area (Å²) in [6.45, 7) is 2.27. The minimum absolute atomic E-state index is 0.0783. The van der Waals surface area contributed by atoms with Crippen LogP contribution in [0.5, 0.6) is 5.75 Å². The van der Waals surface area contributed by atoms with E-state index in [4.69, 9.17) is 9.47 Å². The monoisotopic (exact) mass is 417 g/mol. The third-order valence-electron chi connectivity index (χ3n) is 7.82. The predicted octanol–water partition coefficient (Wildman–Crippen LogP) is 5.95. The van der Waals surface area contributed by atoms with Crippen molar-refractivity contribution in [3.8, 4) is 5.75 Å². The number of carbonyl (C=O) groups excluding carboxylic acids is 1. The van der Waals surface area contributed by atoms with Gasteiger partial charge in [-0.05, 0) is 102 Å². The summed E-state index contributed by atoms with van der Waals surface area (Å²) in [4.78, 5) is 23.4. The summed E-state index contributed by atoms with van der Waals surface area (Å²) in [5.74, 6) is 2.11. The second-order valence-electron chi connectivity index (χ2n) is 9.29. The highest BCUT2D eigenvalue weighted by molar-refractivity contribution is 5.90. The molecule has 0 heterocycles. The van der Waals surface area contributed by atoms with Crippen molar-refractivity contribution in [2.75, 3.05) is 7.11 Å². The Hall–Kier alpha value is -2.95. The van der Waals surface area contributed by atoms with E-state index >= 15 is 0 Å². The van der Waals surface area contributed by atoms with Gasteiger partial charge in [0, 0.05) is 5.41 Å². The lowest BCUT2D eigenvalue weighted by molar-refractivity contribution is -0.0328. The molecule has 2 aromatic carbocycles. The van der Waals surface area contributed by atoms with Crippen LogP contribution >= 0.6 is 0 Å². The minimum atomic E-state index is -0.350. The lowest BCUT2D eigenvalue weighted by atomic mass is 9.55. The summed E-state index contributed by atoms with van der Waals surface area (Å²) in [5, 5.41) is 2.88. The average Bonchev–Trinajstić information content (AvgIpc) is 3.14. The number of hydrogen-bond donors (Lipinski definition) is 0. The van der Waals surface area contributed by atoms with E-state index in [2.05, 4.69) is 42.5 Å². The Morgan fingerprint density at radius 1 is 1.10 bits per heavy atom. The Bertz CT molecular complexity index is 1040. The maximum atomic E-state index is 12.7. The molecular formula is C26H27NO4. The Kier molecular flexibility index (Phi) is 4.92. The van der Waals surface area contributed by atoms with Gasteiger partial charge in [0.05, 0.1) is 12.7 Å². The number of benzene rings is 2. The molecule has 0 bridgehead atoms. The first-order chi connectivity index (χ1) is 15.0. The van der Waals surface area contributed by atoms with Crippen LogP contribution in [0.3, 0.4) is 0 Å². The molecule has 2 aromatic rings. The molecule has 3 aliphatic rings. The molecule has 0 spiro atoms. The fourth-order valence-corrected chi connectivity index (χ4v) is 6.11. The molecule has 0 saturated heterocycles. The van der Waals surface area contributed by atoms with Crippen LogP contribution in [0.15, 0.2) is 59.8 Å². The van der Waals surface area contributed by atoms with Gasteiger partial charge in [-0.1, -0.05) is 19.1 Å². The van der Waals surface area contributed by atoms with Crippen LogP contribution in [-0.4, -0.2) is 19.2 Å². The van der Waals surface area contributed by atoms with Gasteiger partial charge in [0.25, 0.3) is 0 Å². The van der Waals surface area contributed by atoms with Crippen molar-refractivity contribution >= 4 is 11.7 Å². The number of nitroso groups, excluding NO2 is 1. The lowest BCUT2D eigenvalue weighted by Gasteiger charge is -2.50. The van der Waals surface area contributed by atoms with Gasteiger partial charge in [0.1, 0.15) is 17.5 Å². The molecule has 1 saturated carbocycles. The molecule has 5 nitrogen and oxygen atoms in total. The molecule has 1 fully saturated rings. The fraction of sp³-hybridized carbons (Fsp3) is 0.423. The summed E-state index contributed by atoms with van der Waals surface area (Å²) >= 11 is 0. The molecule has 31 heavy (non-hydrogen) atoms. The van der Waals surface area contributed by atoms with Gasteiger partial charge in [-0.2, -0.15) is 0 Å². The smallest absolute Gasteiger partial charge is 0.338 e. The number of hydrogen-bond acceptors (Lipinski definition) is 5. The molecule has 160 valence electrons. The van der Waals surface area contributed by atoms with Crippen molar-refractivity contribution in [3.05, 3.63) is 76.2 Å². The normalized spacial score (nSPS) is 30.6. The molecular weight excluding hydrogens is 390 g/mol. The van der Waals surface area contributed by atoms with Crippen LogP contribution in [0, 0.1) is 22.2 Å². The summed E-state index contributed by atoms with van der Waals surface area (Å²) < 4.78 is 11.4. The van der Waals surface area contributed by atoms with Crippen LogP contribution in [0.25, 0.3) is 0 Å². The van der Waals surface area contributed by atoms with Crippen molar-refractivity contribution in [1.29, 1.82) is 0 Å². The van der Waals surface area contributed by atoms with E-state index < -0.39 is 0 Å². The maximum absolute atomic E-state index is 12.7. The summed E-state index contributed by atoms with van der Waals surface area (Å²) in [5.41, 5.74) is 3.56. The van der Waals surface area contributed by atoms with Crippen LogP contribution in [0.1, 0.15) is 53.6 Å². The van der Waals surface area contributed by atoms with E-state index in [1.807, 2.05) is 0 Å². The van der Waals surface area contributed by atoms with Gasteiger partial charge in [-0.25, -0.2) is 4.79 Å². The number of methoxy groups -OCH3 is 1. The first-order valence-electron chi connectivity index (χ1n) is 11.0. The highest BCUT2D eigenvalue weighted by atomic mass is 16.5. The van der Waals surface area contributed by atoms with E-state index in [0.29, 0.717) is 29.0 Å². The first kappa shape index (κ1) is 20.0. The van der Waals surface area contributed by atoms with Crippen molar-refractivity contribution < 1.29 is 14.3 Å². The van der Waals surface area contributed by atoms with Gasteiger partial charge < -0.3 is 9.47 Å². The van der Waals surface area contributed by atoms with Gasteiger partial charge in [-0.15, -0.1) is 4.91 Å². The standard InChI is InChI=1S/C26H27NO4/c1-26-14-13-21-20-10-8-19(30-2)15-17(20)5-9-22(21)23(26)11-12-24(26)31-25(28)16-3-6-18(27-29)7-4-16/h3-4,6-8,10-12,15,21-24H,5,9,13-14H2,1-2H3/t21?,22?,23?,24-,26?/m1/s1. The third-order valence-corrected chi connectivity index (χ3v) is 7.82. The summed E-state index contributed by atoms with van der Waals surface area (Å²) in [6.07, 6.45) is 8.49. The van der Waals surface area contributed by atoms with Crippen molar-refractivity contribution in [1.82, 2.24) is 0 Å². The molecule has 5 heteroatoms. The van der Waals surface area contributed by atoms with Crippen LogP contribution in [0.4, 0.5) is 5.69 Å². The quantitative estimate of drug-likeness (QED) is 0.350. The molecule has 0 radical (unpaired) electrons. The number of carbonyl (C=O) groups is 1. The second kappa shape index (κ2) is 7.63. The minimum Gasteiger partial charge on any atom is -0.497 e. The predicted molar refractivity (Wildman–Crippen MR) is 119 cm³/mol. The number of fused-ring (bicyclic) bond motifs is 5. The number of rotatable bonds is 4. The van der Waals surface area contributed by atoms with Crippen LogP contribution in [0.2, 0.25) is 0 Å². The van der Waals surface area contributed by atoms with Crippen molar-refractivity contribution in [2.45, 2.75) is 44.6 Å². The van der Waals surface area contributed by atoms with Crippen LogP contribution in [-0.2, 0) is 11.2 Å². The maximum Gasteiger partial charge on any atom is 0.338 e. The summed E-state index contributed by atoms with van der Waals surface area (Å²) in [6, 6.07) is 12.8. The molecule has 3 aliphatic carbocycles. The molecule has 0 N–H and O–H groups in total. The Morgan fingerprint density at radius 3 is 2.65 bits per heavy atom. The highest BCUT2D eigenvalue weighted by Crippen LogP contribution is 2.59. The average molecular weight is 418 g/mol. The van der Waals surface area contributed by atoms with Crippen molar-refractivity contribution in [2.24, 2.45) is 22.4 Å². The van der Waals surface area contributed by atoms with Crippen molar-refractivity contribution in [3.63, 3.8) is 0 Å². The topological polar surface area (TPSA) is 65.0 Å². The fourth-order valence-electron chi connectivity index (χ4n) is 6.11. The van der Waals surface area contributed by atoms with E-state index in [1.54, 1.807) is 19.2 Å². The van der Waals surface area contributed by atoms with E-state index in [9.17, 15) is 9.70 Å². The molecule has 4 unspecified atom stereocenters. The molecule has 0 aromatic heterocycles. The Labute approximate surface area is 182 Å². The lowest BCUT2D eigenvalue weighted by Crippen LogP contribution is -2.45. The van der Waals surface area contributed by atoms with Crippen LogP contribution < -0.4 is 4.74 Å². The van der Waals surface area contributed by atoms with Gasteiger partial charge in [0.15, 0.2) is 0 Å². The zero-order valence-corrected chi connectivity index (χ0v) is 17.9. The van der Waals surface area contributed by atoms with Gasteiger partial charge in [0.2, 0.25) is 0 Å². The first-order valence-corrected chi connectivity index (χ1v) is 11.0. The largest absolute Gasteiger partial charge is 0.497 e. The second-order valence-corrected chi connectivity index (χ2v) is 9.29. The zero-order chi connectivity index (χ0) is 21.6. The summed E-state index contributed by atoms with van der Waals surface area (Å²) in [7, 11) is 1.72. The van der Waals surface area contributed by atoms with Gasteiger partial charge >= 0.3 is 5.97 Å². The van der Waals surface area contributed by atoms with E-state index in [1.165, 1.54) is 23.3 Å². The van der Waals surface area contributed by atoms with Gasteiger partial charge in [-0.3, -0.25) is 0 Å². The number of esters is 1. The third kappa shape index (κ3) is 3.27. The number of nitrogens with zero attached hydrogens (tertiary/aromatic N) is 1. The molecule has 5 atom stereocenters. The Balaban J connectivity index is 1.34. The molecule has 5 rings (SSSR count). The molecule has 0 amide bonds. The van der Waals surface area contributed by atoms with E-state index in [0.717, 1.165) is 31.4 Å². The molecule has 0 aliphatic heterocycles. The number of ether oxygens (including phenoxy) is 2. The van der Waals surface area contributed by atoms with E-state index in [-0.39, 0.29) is 17.5 Å².